The molecule has 0 unspecified atom stereocenters. The number of rotatable bonds is 3. The SMILES string of the molecule is c1ccc(C2CCC(c3ccnc(-c4ccc5c6ccccc6c6ccccc6c5c4)c3)CC2)cc1. The first-order valence-corrected chi connectivity index (χ1v) is 13.2. The van der Waals surface area contributed by atoms with Gasteiger partial charge in [-0.3, -0.25) is 4.98 Å². The van der Waals surface area contributed by atoms with E-state index in [4.69, 9.17) is 4.98 Å². The van der Waals surface area contributed by atoms with Gasteiger partial charge in [0.25, 0.3) is 0 Å². The van der Waals surface area contributed by atoms with Crippen LogP contribution in [0.3, 0.4) is 0 Å². The minimum absolute atomic E-state index is 0.622. The van der Waals surface area contributed by atoms with Crippen LogP contribution in [0.25, 0.3) is 43.6 Å². The van der Waals surface area contributed by atoms with Crippen molar-refractivity contribution in [3.05, 3.63) is 127 Å². The normalized spacial score (nSPS) is 18.1. The van der Waals surface area contributed by atoms with Gasteiger partial charge in [-0.1, -0.05) is 91.0 Å². The Bertz CT molecular complexity index is 1660. The van der Waals surface area contributed by atoms with Gasteiger partial charge < -0.3 is 0 Å². The summed E-state index contributed by atoms with van der Waals surface area (Å²) < 4.78 is 0. The number of hydrogen-bond acceptors (Lipinski definition) is 1. The molecule has 1 saturated carbocycles. The zero-order chi connectivity index (χ0) is 23.9. The zero-order valence-corrected chi connectivity index (χ0v) is 20.4. The lowest BCUT2D eigenvalue weighted by Crippen LogP contribution is -2.12. The van der Waals surface area contributed by atoms with Gasteiger partial charge in [0, 0.05) is 11.8 Å². The molecule has 1 heterocycles. The van der Waals surface area contributed by atoms with Crippen molar-refractivity contribution >= 4 is 32.3 Å². The van der Waals surface area contributed by atoms with Crippen LogP contribution in [0.15, 0.2) is 115 Å². The number of pyridine rings is 1. The van der Waals surface area contributed by atoms with Gasteiger partial charge in [-0.05, 0) is 99.2 Å². The highest BCUT2D eigenvalue weighted by Crippen LogP contribution is 2.41. The lowest BCUT2D eigenvalue weighted by molar-refractivity contribution is 0.396. The molecule has 5 aromatic carbocycles. The maximum atomic E-state index is 4.82. The smallest absolute Gasteiger partial charge is 0.0705 e. The first-order chi connectivity index (χ1) is 17.8. The summed E-state index contributed by atoms with van der Waals surface area (Å²) in [5.41, 5.74) is 5.22. The molecular formula is C35H29N. The standard InChI is InChI=1S/C35H29N/c1-2-8-24(9-3-1)25-14-16-26(17-15-25)27-20-21-36-35(23-27)28-18-19-33-31-12-5-4-10-29(31)30-11-6-7-13-32(30)34(33)22-28/h1-13,18-23,25-26H,14-17H2. The molecule has 174 valence electrons. The second-order valence-corrected chi connectivity index (χ2v) is 10.3. The minimum atomic E-state index is 0.622. The number of fused-ring (bicyclic) bond motifs is 6. The van der Waals surface area contributed by atoms with Gasteiger partial charge >= 0.3 is 0 Å². The van der Waals surface area contributed by atoms with E-state index < -0.39 is 0 Å². The molecule has 0 N–H and O–H groups in total. The summed E-state index contributed by atoms with van der Waals surface area (Å²) in [6.07, 6.45) is 7.04. The van der Waals surface area contributed by atoms with Gasteiger partial charge in [0.05, 0.1) is 5.69 Å². The van der Waals surface area contributed by atoms with E-state index >= 15 is 0 Å². The summed E-state index contributed by atoms with van der Waals surface area (Å²) in [7, 11) is 0. The van der Waals surface area contributed by atoms with Crippen molar-refractivity contribution in [1.29, 1.82) is 0 Å². The minimum Gasteiger partial charge on any atom is -0.256 e. The van der Waals surface area contributed by atoms with Crippen LogP contribution in [0.2, 0.25) is 0 Å². The van der Waals surface area contributed by atoms with Crippen LogP contribution < -0.4 is 0 Å². The topological polar surface area (TPSA) is 12.9 Å². The maximum absolute atomic E-state index is 4.82. The van der Waals surface area contributed by atoms with Gasteiger partial charge in [-0.25, -0.2) is 0 Å². The Kier molecular flexibility index (Phi) is 5.28. The van der Waals surface area contributed by atoms with Crippen molar-refractivity contribution in [2.75, 3.05) is 0 Å². The predicted molar refractivity (Wildman–Crippen MR) is 153 cm³/mol. The number of nitrogens with zero attached hydrogens (tertiary/aromatic N) is 1. The van der Waals surface area contributed by atoms with Crippen LogP contribution >= 0.6 is 0 Å². The van der Waals surface area contributed by atoms with Gasteiger partial charge in [0.1, 0.15) is 0 Å². The van der Waals surface area contributed by atoms with Gasteiger partial charge in [-0.15, -0.1) is 0 Å². The molecule has 0 bridgehead atoms. The fraction of sp³-hybridized carbons (Fsp3) is 0.171. The Labute approximate surface area is 212 Å². The Morgan fingerprint density at radius 2 is 0.972 bits per heavy atom. The molecule has 0 atom stereocenters. The highest BCUT2D eigenvalue weighted by molar-refractivity contribution is 6.25. The Morgan fingerprint density at radius 1 is 0.444 bits per heavy atom. The first kappa shape index (κ1) is 21.3. The van der Waals surface area contributed by atoms with Crippen molar-refractivity contribution < 1.29 is 0 Å². The molecule has 1 nitrogen and oxygen atoms in total. The molecule has 1 aliphatic rings. The quantitative estimate of drug-likeness (QED) is 0.238. The summed E-state index contributed by atoms with van der Waals surface area (Å²) in [6.45, 7) is 0. The molecule has 0 spiro atoms. The molecule has 1 heteroatoms. The highest BCUT2D eigenvalue weighted by atomic mass is 14.7. The van der Waals surface area contributed by atoms with E-state index in [1.165, 1.54) is 74.7 Å². The van der Waals surface area contributed by atoms with Gasteiger partial charge in [0.15, 0.2) is 0 Å². The van der Waals surface area contributed by atoms with E-state index in [1.54, 1.807) is 0 Å². The molecule has 1 aliphatic carbocycles. The van der Waals surface area contributed by atoms with Crippen LogP contribution in [0.1, 0.15) is 48.6 Å². The van der Waals surface area contributed by atoms with Crippen LogP contribution in [0.5, 0.6) is 0 Å². The van der Waals surface area contributed by atoms with Crippen molar-refractivity contribution in [1.82, 2.24) is 4.98 Å². The van der Waals surface area contributed by atoms with Crippen LogP contribution in [-0.4, -0.2) is 4.98 Å². The largest absolute Gasteiger partial charge is 0.256 e. The van der Waals surface area contributed by atoms with Crippen molar-refractivity contribution in [3.63, 3.8) is 0 Å². The summed E-state index contributed by atoms with van der Waals surface area (Å²) in [4.78, 5) is 4.82. The molecule has 0 aliphatic heterocycles. The Hall–Kier alpha value is -3.97. The van der Waals surface area contributed by atoms with Gasteiger partial charge in [0.2, 0.25) is 0 Å². The Morgan fingerprint density at radius 3 is 1.61 bits per heavy atom. The average Bonchev–Trinajstić information content (AvgIpc) is 2.98. The average molecular weight is 464 g/mol. The molecule has 0 radical (unpaired) electrons. The molecule has 1 aromatic heterocycles. The maximum Gasteiger partial charge on any atom is 0.0705 e. The van der Waals surface area contributed by atoms with Crippen molar-refractivity contribution in [2.24, 2.45) is 0 Å². The fourth-order valence-corrected chi connectivity index (χ4v) is 6.41. The third-order valence-corrected chi connectivity index (χ3v) is 8.29. The monoisotopic (exact) mass is 463 g/mol. The Balaban J connectivity index is 1.25. The number of benzene rings is 5. The molecule has 0 amide bonds. The zero-order valence-electron chi connectivity index (χ0n) is 20.4. The summed E-state index contributed by atoms with van der Waals surface area (Å²) >= 11 is 0. The molecule has 7 rings (SSSR count). The second kappa shape index (κ2) is 8.91. The van der Waals surface area contributed by atoms with E-state index in [0.717, 1.165) is 5.69 Å². The highest BCUT2D eigenvalue weighted by Gasteiger charge is 2.23. The molecule has 36 heavy (non-hydrogen) atoms. The number of hydrogen-bond donors (Lipinski definition) is 0. The molecule has 6 aromatic rings. The van der Waals surface area contributed by atoms with E-state index in [1.807, 2.05) is 6.20 Å². The summed E-state index contributed by atoms with van der Waals surface area (Å²) in [6, 6.07) is 40.1. The van der Waals surface area contributed by atoms with E-state index in [0.29, 0.717) is 11.8 Å². The lowest BCUT2D eigenvalue weighted by atomic mass is 9.76. The first-order valence-electron chi connectivity index (χ1n) is 13.2. The van der Waals surface area contributed by atoms with Crippen LogP contribution in [-0.2, 0) is 0 Å². The second-order valence-electron chi connectivity index (χ2n) is 10.3. The van der Waals surface area contributed by atoms with Crippen LogP contribution in [0.4, 0.5) is 0 Å². The lowest BCUT2D eigenvalue weighted by Gasteiger charge is -2.29. The molecular weight excluding hydrogens is 434 g/mol. The fourth-order valence-electron chi connectivity index (χ4n) is 6.41. The van der Waals surface area contributed by atoms with Crippen molar-refractivity contribution in [3.8, 4) is 11.3 Å². The summed E-state index contributed by atoms with van der Waals surface area (Å²) in [5, 5.41) is 7.87. The number of aromatic nitrogens is 1. The predicted octanol–water partition coefficient (Wildman–Crippen LogP) is 9.65. The molecule has 0 saturated heterocycles. The van der Waals surface area contributed by atoms with E-state index in [-0.39, 0.29) is 0 Å². The van der Waals surface area contributed by atoms with Crippen molar-refractivity contribution in [2.45, 2.75) is 37.5 Å². The third kappa shape index (κ3) is 3.67. The third-order valence-electron chi connectivity index (χ3n) is 8.29. The molecule has 1 fully saturated rings. The van der Waals surface area contributed by atoms with E-state index in [2.05, 4.69) is 109 Å². The van der Waals surface area contributed by atoms with Gasteiger partial charge in [-0.2, -0.15) is 0 Å². The summed E-state index contributed by atoms with van der Waals surface area (Å²) in [5.74, 6) is 1.32. The van der Waals surface area contributed by atoms with Crippen LogP contribution in [0, 0.1) is 0 Å². The van der Waals surface area contributed by atoms with E-state index in [9.17, 15) is 0 Å².